The third-order valence-electron chi connectivity index (χ3n) is 4.41. The van der Waals surface area contributed by atoms with Crippen molar-refractivity contribution < 1.29 is 14.4 Å². The van der Waals surface area contributed by atoms with Gasteiger partial charge in [-0.05, 0) is 19.4 Å². The van der Waals surface area contributed by atoms with Gasteiger partial charge in [0.25, 0.3) is 11.8 Å². The third-order valence-corrected chi connectivity index (χ3v) is 4.41. The fraction of sp³-hybridized carbons (Fsp3) is 0.571. The molecule has 0 aliphatic carbocycles. The number of hydrogen-bond donors (Lipinski definition) is 2. The molecular formula is C14H20N6O3. The zero-order valence-corrected chi connectivity index (χ0v) is 13.2. The summed E-state index contributed by atoms with van der Waals surface area (Å²) < 4.78 is 1.86. The molecule has 124 valence electrons. The van der Waals surface area contributed by atoms with E-state index < -0.39 is 17.5 Å². The Morgan fingerprint density at radius 2 is 2.22 bits per heavy atom. The summed E-state index contributed by atoms with van der Waals surface area (Å²) >= 11 is 0. The van der Waals surface area contributed by atoms with Gasteiger partial charge in [-0.2, -0.15) is 10.1 Å². The molecule has 0 radical (unpaired) electrons. The highest BCUT2D eigenvalue weighted by Crippen LogP contribution is 2.21. The van der Waals surface area contributed by atoms with Crippen LogP contribution < -0.4 is 10.7 Å². The second kappa shape index (κ2) is 5.65. The quantitative estimate of drug-likeness (QED) is 0.712. The molecule has 3 rings (SSSR count). The normalized spacial score (nSPS) is 25.4. The van der Waals surface area contributed by atoms with Crippen LogP contribution in [0.3, 0.4) is 0 Å². The van der Waals surface area contributed by atoms with Crippen LogP contribution in [0.25, 0.3) is 0 Å². The lowest BCUT2D eigenvalue weighted by atomic mass is 10.00. The Morgan fingerprint density at radius 3 is 2.78 bits per heavy atom. The number of urea groups is 1. The third kappa shape index (κ3) is 2.79. The van der Waals surface area contributed by atoms with E-state index >= 15 is 0 Å². The first-order valence-corrected chi connectivity index (χ1v) is 7.60. The Morgan fingerprint density at radius 1 is 1.48 bits per heavy atom. The molecule has 3 heterocycles. The molecule has 4 amide bonds. The van der Waals surface area contributed by atoms with E-state index in [0.717, 1.165) is 5.01 Å². The number of amides is 4. The van der Waals surface area contributed by atoms with Crippen molar-refractivity contribution in [1.29, 1.82) is 0 Å². The summed E-state index contributed by atoms with van der Waals surface area (Å²) in [6.07, 6.45) is 4.07. The smallest absolute Gasteiger partial charge is 0.322 e. The Kier molecular flexibility index (Phi) is 3.80. The molecule has 1 aromatic heterocycles. The first-order valence-electron chi connectivity index (χ1n) is 7.60. The van der Waals surface area contributed by atoms with Gasteiger partial charge in [-0.15, -0.1) is 0 Å². The van der Waals surface area contributed by atoms with Crippen LogP contribution in [0.5, 0.6) is 0 Å². The minimum atomic E-state index is -0.952. The number of hydrazine groups is 1. The van der Waals surface area contributed by atoms with Crippen LogP contribution >= 0.6 is 0 Å². The van der Waals surface area contributed by atoms with Crippen LogP contribution in [-0.4, -0.2) is 62.7 Å². The Labute approximate surface area is 133 Å². The van der Waals surface area contributed by atoms with Gasteiger partial charge >= 0.3 is 6.03 Å². The molecule has 0 unspecified atom stereocenters. The summed E-state index contributed by atoms with van der Waals surface area (Å²) in [5.41, 5.74) is 1.43. The number of rotatable bonds is 5. The van der Waals surface area contributed by atoms with Crippen LogP contribution in [-0.2, 0) is 9.59 Å². The largest absolute Gasteiger partial charge is 0.344 e. The predicted octanol–water partition coefficient (Wildman–Crippen LogP) is -0.508. The number of imide groups is 1. The first-order chi connectivity index (χ1) is 10.9. The molecule has 9 heteroatoms. The van der Waals surface area contributed by atoms with Gasteiger partial charge in [0.2, 0.25) is 0 Å². The molecule has 0 aromatic carbocycles. The molecule has 0 spiro atoms. The Balaban J connectivity index is 1.49. The molecule has 2 aliphatic rings. The minimum absolute atomic E-state index is 0.137. The van der Waals surface area contributed by atoms with Crippen molar-refractivity contribution in [1.82, 2.24) is 30.4 Å². The first kappa shape index (κ1) is 15.5. The molecule has 2 N–H and O–H groups in total. The molecule has 2 saturated heterocycles. The number of likely N-dealkylation sites (tertiary alicyclic amines) is 1. The van der Waals surface area contributed by atoms with E-state index in [4.69, 9.17) is 0 Å². The van der Waals surface area contributed by atoms with E-state index in [2.05, 4.69) is 15.8 Å². The maximum Gasteiger partial charge on any atom is 0.344 e. The summed E-state index contributed by atoms with van der Waals surface area (Å²) in [7, 11) is 0. The lowest BCUT2D eigenvalue weighted by molar-refractivity contribution is -0.139. The zero-order chi connectivity index (χ0) is 16.6. The number of carbonyl (C=O) groups is 3. The summed E-state index contributed by atoms with van der Waals surface area (Å²) in [6.45, 7) is 5.00. The van der Waals surface area contributed by atoms with Crippen LogP contribution in [0.4, 0.5) is 4.79 Å². The minimum Gasteiger partial charge on any atom is -0.322 e. The second-order valence-electron chi connectivity index (χ2n) is 6.13. The van der Waals surface area contributed by atoms with E-state index in [-0.39, 0.29) is 18.5 Å². The van der Waals surface area contributed by atoms with Gasteiger partial charge in [0.05, 0.1) is 12.6 Å². The van der Waals surface area contributed by atoms with Crippen molar-refractivity contribution in [3.63, 3.8) is 0 Å². The van der Waals surface area contributed by atoms with Crippen LogP contribution in [0.1, 0.15) is 26.3 Å². The van der Waals surface area contributed by atoms with Crippen molar-refractivity contribution in [3.8, 4) is 0 Å². The van der Waals surface area contributed by atoms with Crippen molar-refractivity contribution in [2.75, 3.05) is 19.6 Å². The van der Waals surface area contributed by atoms with Crippen molar-refractivity contribution >= 4 is 17.8 Å². The van der Waals surface area contributed by atoms with Crippen molar-refractivity contribution in [3.05, 3.63) is 18.5 Å². The zero-order valence-electron chi connectivity index (χ0n) is 13.2. The molecule has 1 atom stereocenters. The lowest BCUT2D eigenvalue weighted by Crippen LogP contribution is -2.55. The average molecular weight is 320 g/mol. The van der Waals surface area contributed by atoms with Gasteiger partial charge < -0.3 is 5.32 Å². The molecule has 0 saturated carbocycles. The summed E-state index contributed by atoms with van der Waals surface area (Å²) in [5.74, 6) is -0.816. The fourth-order valence-corrected chi connectivity index (χ4v) is 2.72. The number of hydrogen-bond acceptors (Lipinski definition) is 5. The molecule has 9 nitrogen and oxygen atoms in total. The van der Waals surface area contributed by atoms with Crippen molar-refractivity contribution in [2.45, 2.75) is 31.8 Å². The molecule has 23 heavy (non-hydrogen) atoms. The van der Waals surface area contributed by atoms with Gasteiger partial charge in [-0.25, -0.2) is 4.79 Å². The maximum absolute atomic E-state index is 12.2. The van der Waals surface area contributed by atoms with E-state index in [1.807, 2.05) is 21.8 Å². The standard InChI is InChI=1S/C14H20N6O3/c1-3-14(2)12(22)20(13(23)16-14)17-11(21)9-18-7-10(8-18)19-6-4-5-15-19/h4-6,10H,3,7-9H2,1-2H3,(H,16,23)(H,17,21)/t14-/m1/s1. The highest BCUT2D eigenvalue weighted by Gasteiger charge is 2.47. The number of carbonyl (C=O) groups excluding carboxylic acids is 3. The monoisotopic (exact) mass is 320 g/mol. The molecule has 2 aliphatic heterocycles. The average Bonchev–Trinajstić information content (AvgIpc) is 3.06. The van der Waals surface area contributed by atoms with Crippen molar-refractivity contribution in [2.24, 2.45) is 0 Å². The Hall–Kier alpha value is -2.42. The lowest BCUT2D eigenvalue weighted by Gasteiger charge is -2.38. The van der Waals surface area contributed by atoms with Gasteiger partial charge in [0.1, 0.15) is 5.54 Å². The predicted molar refractivity (Wildman–Crippen MR) is 79.9 cm³/mol. The van der Waals surface area contributed by atoms with Gasteiger partial charge in [-0.3, -0.25) is 24.6 Å². The SMILES string of the molecule is CC[C@@]1(C)NC(=O)N(NC(=O)CN2CC(n3cccn3)C2)C1=O. The maximum atomic E-state index is 12.2. The highest BCUT2D eigenvalue weighted by molar-refractivity contribution is 6.07. The summed E-state index contributed by atoms with van der Waals surface area (Å²) in [6, 6.07) is 1.53. The summed E-state index contributed by atoms with van der Waals surface area (Å²) in [4.78, 5) is 38.0. The molecule has 1 aromatic rings. The van der Waals surface area contributed by atoms with E-state index in [1.165, 1.54) is 0 Å². The van der Waals surface area contributed by atoms with Crippen LogP contribution in [0.2, 0.25) is 0 Å². The van der Waals surface area contributed by atoms with E-state index in [1.54, 1.807) is 20.0 Å². The number of nitrogens with zero attached hydrogens (tertiary/aromatic N) is 4. The molecular weight excluding hydrogens is 300 g/mol. The molecule has 0 bridgehead atoms. The van der Waals surface area contributed by atoms with Gasteiger partial charge in [0.15, 0.2) is 0 Å². The highest BCUT2D eigenvalue weighted by atomic mass is 16.2. The number of nitrogens with one attached hydrogen (secondary N) is 2. The Bertz CT molecular complexity index is 624. The van der Waals surface area contributed by atoms with Gasteiger partial charge in [0, 0.05) is 25.5 Å². The van der Waals surface area contributed by atoms with Crippen LogP contribution in [0, 0.1) is 0 Å². The topological polar surface area (TPSA) is 99.6 Å². The van der Waals surface area contributed by atoms with E-state index in [0.29, 0.717) is 19.5 Å². The second-order valence-corrected chi connectivity index (χ2v) is 6.13. The fourth-order valence-electron chi connectivity index (χ4n) is 2.72. The molecule has 2 fully saturated rings. The van der Waals surface area contributed by atoms with Crippen LogP contribution in [0.15, 0.2) is 18.5 Å². The summed E-state index contributed by atoms with van der Waals surface area (Å²) in [5, 5.41) is 7.53. The van der Waals surface area contributed by atoms with Gasteiger partial charge in [-0.1, -0.05) is 6.92 Å². The van der Waals surface area contributed by atoms with E-state index in [9.17, 15) is 14.4 Å². The number of aromatic nitrogens is 2.